The molecule has 1 aliphatic carbocycles. The molecule has 120 valence electrons. The molecule has 1 aliphatic rings. The predicted molar refractivity (Wildman–Crippen MR) is 88.3 cm³/mol. The quantitative estimate of drug-likeness (QED) is 0.857. The van der Waals surface area contributed by atoms with Gasteiger partial charge in [-0.25, -0.2) is 4.39 Å². The molecular weight excluding hydrogens is 291 g/mol. The molecule has 1 fully saturated rings. The van der Waals surface area contributed by atoms with Gasteiger partial charge < -0.3 is 5.32 Å². The van der Waals surface area contributed by atoms with E-state index >= 15 is 0 Å². The Morgan fingerprint density at radius 3 is 2.30 bits per heavy atom. The van der Waals surface area contributed by atoms with Gasteiger partial charge in [0.25, 0.3) is 0 Å². The molecule has 0 unspecified atom stereocenters. The SMILES string of the molecule is C[C@H](N[C@@H](C(=O)NC1CC1)c1ccccc1)c1ccc(F)cc1. The van der Waals surface area contributed by atoms with Crippen molar-refractivity contribution in [2.45, 2.75) is 37.9 Å². The van der Waals surface area contributed by atoms with E-state index in [1.165, 1.54) is 12.1 Å². The van der Waals surface area contributed by atoms with Gasteiger partial charge in [-0.1, -0.05) is 42.5 Å². The molecular formula is C19H21FN2O. The predicted octanol–water partition coefficient (Wildman–Crippen LogP) is 3.50. The van der Waals surface area contributed by atoms with Crippen LogP contribution in [0.5, 0.6) is 0 Å². The van der Waals surface area contributed by atoms with Crippen molar-refractivity contribution in [1.82, 2.24) is 10.6 Å². The van der Waals surface area contributed by atoms with E-state index < -0.39 is 6.04 Å². The summed E-state index contributed by atoms with van der Waals surface area (Å²) in [5.41, 5.74) is 1.88. The van der Waals surface area contributed by atoms with Gasteiger partial charge in [-0.2, -0.15) is 0 Å². The number of amides is 1. The van der Waals surface area contributed by atoms with Crippen LogP contribution in [0.15, 0.2) is 54.6 Å². The molecule has 1 amide bonds. The van der Waals surface area contributed by atoms with Gasteiger partial charge in [0.2, 0.25) is 5.91 Å². The summed E-state index contributed by atoms with van der Waals surface area (Å²) in [5, 5.41) is 6.42. The second-order valence-electron chi connectivity index (χ2n) is 6.07. The summed E-state index contributed by atoms with van der Waals surface area (Å²) in [7, 11) is 0. The third-order valence-electron chi connectivity index (χ3n) is 4.11. The van der Waals surface area contributed by atoms with E-state index in [9.17, 15) is 9.18 Å². The van der Waals surface area contributed by atoms with Gasteiger partial charge >= 0.3 is 0 Å². The normalized spacial score (nSPS) is 16.6. The Morgan fingerprint density at radius 1 is 1.04 bits per heavy atom. The molecule has 0 saturated heterocycles. The van der Waals surface area contributed by atoms with Crippen molar-refractivity contribution in [2.24, 2.45) is 0 Å². The van der Waals surface area contributed by atoms with Crippen LogP contribution < -0.4 is 10.6 Å². The van der Waals surface area contributed by atoms with Gasteiger partial charge in [0.05, 0.1) is 0 Å². The number of halogens is 1. The molecule has 3 nitrogen and oxygen atoms in total. The van der Waals surface area contributed by atoms with Gasteiger partial charge in [-0.05, 0) is 43.0 Å². The lowest BCUT2D eigenvalue weighted by atomic mass is 10.0. The van der Waals surface area contributed by atoms with E-state index in [0.29, 0.717) is 6.04 Å². The fourth-order valence-corrected chi connectivity index (χ4v) is 2.58. The molecule has 0 heterocycles. The number of rotatable bonds is 6. The first kappa shape index (κ1) is 15.7. The summed E-state index contributed by atoms with van der Waals surface area (Å²) < 4.78 is 13.1. The van der Waals surface area contributed by atoms with Crippen molar-refractivity contribution in [2.75, 3.05) is 0 Å². The second-order valence-corrected chi connectivity index (χ2v) is 6.07. The molecule has 2 aromatic carbocycles. The highest BCUT2D eigenvalue weighted by molar-refractivity contribution is 5.83. The van der Waals surface area contributed by atoms with Crippen molar-refractivity contribution < 1.29 is 9.18 Å². The van der Waals surface area contributed by atoms with Crippen LogP contribution in [0.4, 0.5) is 4.39 Å². The van der Waals surface area contributed by atoms with Crippen LogP contribution >= 0.6 is 0 Å². The Bertz CT molecular complexity index is 653. The fraction of sp³-hybridized carbons (Fsp3) is 0.316. The van der Waals surface area contributed by atoms with Crippen LogP contribution in [-0.4, -0.2) is 11.9 Å². The van der Waals surface area contributed by atoms with E-state index in [1.54, 1.807) is 12.1 Å². The zero-order valence-electron chi connectivity index (χ0n) is 13.1. The van der Waals surface area contributed by atoms with Gasteiger partial charge in [0.15, 0.2) is 0 Å². The first-order chi connectivity index (χ1) is 11.1. The van der Waals surface area contributed by atoms with Crippen LogP contribution in [0.3, 0.4) is 0 Å². The lowest BCUT2D eigenvalue weighted by Gasteiger charge is -2.23. The van der Waals surface area contributed by atoms with Crippen LogP contribution in [0.1, 0.15) is 43.0 Å². The molecule has 1 saturated carbocycles. The summed E-state index contributed by atoms with van der Waals surface area (Å²) in [4.78, 5) is 12.6. The number of carbonyl (C=O) groups is 1. The Hall–Kier alpha value is -2.20. The molecule has 2 atom stereocenters. The average molecular weight is 312 g/mol. The fourth-order valence-electron chi connectivity index (χ4n) is 2.58. The van der Waals surface area contributed by atoms with E-state index in [2.05, 4.69) is 10.6 Å². The molecule has 0 radical (unpaired) electrons. The minimum absolute atomic E-state index is 0.00679. The van der Waals surface area contributed by atoms with Crippen molar-refractivity contribution in [3.8, 4) is 0 Å². The monoisotopic (exact) mass is 312 g/mol. The van der Waals surface area contributed by atoms with Crippen LogP contribution in [0.2, 0.25) is 0 Å². The Kier molecular flexibility index (Phi) is 4.72. The highest BCUT2D eigenvalue weighted by atomic mass is 19.1. The molecule has 0 aromatic heterocycles. The summed E-state index contributed by atoms with van der Waals surface area (Å²) >= 11 is 0. The number of carbonyl (C=O) groups excluding carboxylic acids is 1. The van der Waals surface area contributed by atoms with E-state index in [1.807, 2.05) is 37.3 Å². The first-order valence-corrected chi connectivity index (χ1v) is 8.00. The number of hydrogen-bond acceptors (Lipinski definition) is 2. The smallest absolute Gasteiger partial charge is 0.241 e. The van der Waals surface area contributed by atoms with E-state index in [-0.39, 0.29) is 17.8 Å². The summed E-state index contributed by atoms with van der Waals surface area (Å²) in [6, 6.07) is 15.9. The topological polar surface area (TPSA) is 41.1 Å². The zero-order chi connectivity index (χ0) is 16.2. The molecule has 4 heteroatoms. The molecule has 2 aromatic rings. The third-order valence-corrected chi connectivity index (χ3v) is 4.11. The lowest BCUT2D eigenvalue weighted by molar-refractivity contribution is -0.123. The molecule has 0 spiro atoms. The number of benzene rings is 2. The van der Waals surface area contributed by atoms with Crippen molar-refractivity contribution in [3.63, 3.8) is 0 Å². The summed E-state index contributed by atoms with van der Waals surface area (Å²) in [5.74, 6) is -0.264. The average Bonchev–Trinajstić information content (AvgIpc) is 3.37. The Labute approximate surface area is 135 Å². The maximum atomic E-state index is 13.1. The van der Waals surface area contributed by atoms with Crippen molar-refractivity contribution >= 4 is 5.91 Å². The van der Waals surface area contributed by atoms with Gasteiger partial charge in [-0.15, -0.1) is 0 Å². The van der Waals surface area contributed by atoms with Crippen LogP contribution in [0, 0.1) is 5.82 Å². The molecule has 0 aliphatic heterocycles. The molecule has 3 rings (SSSR count). The molecule has 2 N–H and O–H groups in total. The highest BCUT2D eigenvalue weighted by Gasteiger charge is 2.29. The van der Waals surface area contributed by atoms with E-state index in [0.717, 1.165) is 24.0 Å². The third kappa shape index (κ3) is 4.17. The van der Waals surface area contributed by atoms with Gasteiger partial charge in [-0.3, -0.25) is 10.1 Å². The minimum atomic E-state index is -0.420. The maximum absolute atomic E-state index is 13.1. The number of hydrogen-bond donors (Lipinski definition) is 2. The molecule has 23 heavy (non-hydrogen) atoms. The maximum Gasteiger partial charge on any atom is 0.241 e. The molecule has 0 bridgehead atoms. The standard InChI is InChI=1S/C19H21FN2O/c1-13(14-7-9-16(20)10-8-14)21-18(15-5-3-2-4-6-15)19(23)22-17-11-12-17/h2-10,13,17-18,21H,11-12H2,1H3,(H,22,23)/t13-,18+/m0/s1. The van der Waals surface area contributed by atoms with Crippen LogP contribution in [-0.2, 0) is 4.79 Å². The summed E-state index contributed by atoms with van der Waals surface area (Å²) in [6.07, 6.45) is 2.11. The number of nitrogens with one attached hydrogen (secondary N) is 2. The van der Waals surface area contributed by atoms with Gasteiger partial charge in [0, 0.05) is 12.1 Å². The minimum Gasteiger partial charge on any atom is -0.352 e. The Balaban J connectivity index is 1.77. The van der Waals surface area contributed by atoms with Crippen molar-refractivity contribution in [3.05, 3.63) is 71.5 Å². The zero-order valence-corrected chi connectivity index (χ0v) is 13.1. The largest absolute Gasteiger partial charge is 0.352 e. The van der Waals surface area contributed by atoms with Crippen molar-refractivity contribution in [1.29, 1.82) is 0 Å². The second kappa shape index (κ2) is 6.92. The highest BCUT2D eigenvalue weighted by Crippen LogP contribution is 2.23. The van der Waals surface area contributed by atoms with Crippen LogP contribution in [0.25, 0.3) is 0 Å². The van der Waals surface area contributed by atoms with E-state index in [4.69, 9.17) is 0 Å². The summed E-state index contributed by atoms with van der Waals surface area (Å²) in [6.45, 7) is 1.98. The van der Waals surface area contributed by atoms with Gasteiger partial charge in [0.1, 0.15) is 11.9 Å². The first-order valence-electron chi connectivity index (χ1n) is 8.00. The lowest BCUT2D eigenvalue weighted by Crippen LogP contribution is -2.39. The Morgan fingerprint density at radius 2 is 1.70 bits per heavy atom.